The van der Waals surface area contributed by atoms with E-state index in [0.29, 0.717) is 11.3 Å². The van der Waals surface area contributed by atoms with Crippen molar-refractivity contribution >= 4 is 17.6 Å². The first-order valence-electron chi connectivity index (χ1n) is 11.6. The van der Waals surface area contributed by atoms with Gasteiger partial charge in [-0.2, -0.15) is 5.26 Å². The van der Waals surface area contributed by atoms with Crippen molar-refractivity contribution in [1.29, 1.82) is 5.26 Å². The van der Waals surface area contributed by atoms with Crippen LogP contribution in [0.4, 0.5) is 5.69 Å². The molecule has 9 nitrogen and oxygen atoms in total. The molecule has 1 aliphatic rings. The average molecular weight is 498 g/mol. The van der Waals surface area contributed by atoms with Gasteiger partial charge in [-0.1, -0.05) is 44.2 Å². The van der Waals surface area contributed by atoms with Gasteiger partial charge < -0.3 is 19.8 Å². The van der Waals surface area contributed by atoms with Crippen molar-refractivity contribution in [3.8, 4) is 11.8 Å². The first-order chi connectivity index (χ1) is 17.8. The van der Waals surface area contributed by atoms with Crippen molar-refractivity contribution in [2.75, 3.05) is 19.1 Å². The van der Waals surface area contributed by atoms with E-state index in [1.807, 2.05) is 29.0 Å². The Balaban J connectivity index is 1.93. The summed E-state index contributed by atoms with van der Waals surface area (Å²) in [5.41, 5.74) is 8.44. The Labute approximate surface area is 215 Å². The average Bonchev–Trinajstić information content (AvgIpc) is 3.42. The quantitative estimate of drug-likeness (QED) is 0.509. The van der Waals surface area contributed by atoms with Crippen molar-refractivity contribution in [1.82, 2.24) is 9.55 Å². The van der Waals surface area contributed by atoms with Gasteiger partial charge in [-0.05, 0) is 29.8 Å². The number of nitriles is 1. The molecule has 0 fully saturated rings. The molecule has 1 aliphatic heterocycles. The number of hydrogen-bond acceptors (Lipinski definition) is 8. The van der Waals surface area contributed by atoms with Gasteiger partial charge in [0.2, 0.25) is 0 Å². The van der Waals surface area contributed by atoms with Gasteiger partial charge >= 0.3 is 11.9 Å². The van der Waals surface area contributed by atoms with Crippen LogP contribution in [0.15, 0.2) is 89.7 Å². The molecule has 0 amide bonds. The molecule has 1 aromatic heterocycles. The smallest absolute Gasteiger partial charge is 0.355 e. The Morgan fingerprint density at radius 1 is 1.00 bits per heavy atom. The summed E-state index contributed by atoms with van der Waals surface area (Å²) in [6, 6.07) is 18.2. The predicted molar refractivity (Wildman–Crippen MR) is 137 cm³/mol. The third-order valence-electron chi connectivity index (χ3n) is 6.18. The van der Waals surface area contributed by atoms with E-state index >= 15 is 0 Å². The number of esters is 2. The lowest BCUT2D eigenvalue weighted by Gasteiger charge is -2.36. The fourth-order valence-corrected chi connectivity index (χ4v) is 4.50. The van der Waals surface area contributed by atoms with E-state index in [-0.39, 0.29) is 28.6 Å². The summed E-state index contributed by atoms with van der Waals surface area (Å²) in [4.78, 5) is 32.1. The normalized spacial score (nSPS) is 15.6. The van der Waals surface area contributed by atoms with Gasteiger partial charge in [-0.25, -0.2) is 14.6 Å². The van der Waals surface area contributed by atoms with E-state index in [1.165, 1.54) is 19.1 Å². The van der Waals surface area contributed by atoms with Crippen LogP contribution < -0.4 is 10.6 Å². The van der Waals surface area contributed by atoms with Crippen LogP contribution in [0, 0.1) is 11.3 Å². The molecule has 0 aliphatic carbocycles. The Kier molecular flexibility index (Phi) is 7.11. The van der Waals surface area contributed by atoms with Crippen molar-refractivity contribution in [3.05, 3.63) is 101 Å². The lowest BCUT2D eigenvalue weighted by Crippen LogP contribution is -2.40. The second-order valence-corrected chi connectivity index (χ2v) is 8.66. The SMILES string of the molecule is COC(=O)C1=C(C(=O)OC)N(c2ccc(-n3ccnc3C(C)C)cc2)C(N)=C(C#N)C1c1ccccc1. The van der Waals surface area contributed by atoms with Gasteiger partial charge in [-0.15, -0.1) is 0 Å². The lowest BCUT2D eigenvalue weighted by atomic mass is 9.81. The molecule has 1 atom stereocenters. The van der Waals surface area contributed by atoms with E-state index < -0.39 is 17.9 Å². The zero-order chi connectivity index (χ0) is 26.7. The summed E-state index contributed by atoms with van der Waals surface area (Å²) in [6.07, 6.45) is 3.60. The number of carbonyl (C=O) groups is 2. The monoisotopic (exact) mass is 497 g/mol. The van der Waals surface area contributed by atoms with Crippen molar-refractivity contribution < 1.29 is 19.1 Å². The largest absolute Gasteiger partial charge is 0.466 e. The number of nitrogens with zero attached hydrogens (tertiary/aromatic N) is 4. The number of imidazole rings is 1. The van der Waals surface area contributed by atoms with Gasteiger partial charge in [0.15, 0.2) is 0 Å². The van der Waals surface area contributed by atoms with E-state index in [2.05, 4.69) is 24.9 Å². The Morgan fingerprint density at radius 2 is 1.62 bits per heavy atom. The number of rotatable bonds is 6. The van der Waals surface area contributed by atoms with Crippen molar-refractivity contribution in [2.24, 2.45) is 5.73 Å². The van der Waals surface area contributed by atoms with Crippen LogP contribution in [0.1, 0.15) is 37.1 Å². The number of anilines is 1. The summed E-state index contributed by atoms with van der Waals surface area (Å²) in [5.74, 6) is -1.35. The number of hydrogen-bond donors (Lipinski definition) is 1. The van der Waals surface area contributed by atoms with Crippen LogP contribution in [0.5, 0.6) is 0 Å². The number of allylic oxidation sites excluding steroid dienone is 1. The molecule has 0 bridgehead atoms. The summed E-state index contributed by atoms with van der Waals surface area (Å²) >= 11 is 0. The molecule has 2 heterocycles. The summed E-state index contributed by atoms with van der Waals surface area (Å²) in [7, 11) is 2.44. The van der Waals surface area contributed by atoms with Crippen LogP contribution in [-0.4, -0.2) is 35.7 Å². The molecule has 0 spiro atoms. The van der Waals surface area contributed by atoms with Gasteiger partial charge in [0.05, 0.1) is 37.4 Å². The maximum absolute atomic E-state index is 13.2. The molecule has 3 aromatic rings. The van der Waals surface area contributed by atoms with Crippen LogP contribution in [0.25, 0.3) is 5.69 Å². The zero-order valence-electron chi connectivity index (χ0n) is 21.0. The number of nitrogens with two attached hydrogens (primary N) is 1. The van der Waals surface area contributed by atoms with Crippen molar-refractivity contribution in [3.63, 3.8) is 0 Å². The fraction of sp³-hybridized carbons (Fsp3) is 0.214. The lowest BCUT2D eigenvalue weighted by molar-refractivity contribution is -0.139. The first-order valence-corrected chi connectivity index (χ1v) is 11.6. The zero-order valence-corrected chi connectivity index (χ0v) is 21.0. The molecule has 0 radical (unpaired) electrons. The molecule has 188 valence electrons. The highest BCUT2D eigenvalue weighted by molar-refractivity contribution is 6.06. The van der Waals surface area contributed by atoms with E-state index in [1.54, 1.807) is 42.6 Å². The molecule has 9 heteroatoms. The Morgan fingerprint density at radius 3 is 2.19 bits per heavy atom. The second kappa shape index (κ2) is 10.4. The van der Waals surface area contributed by atoms with E-state index in [9.17, 15) is 14.9 Å². The van der Waals surface area contributed by atoms with Crippen molar-refractivity contribution in [2.45, 2.75) is 25.7 Å². The Bertz CT molecular complexity index is 1430. The predicted octanol–water partition coefficient (Wildman–Crippen LogP) is 3.89. The number of benzene rings is 2. The maximum Gasteiger partial charge on any atom is 0.355 e. The minimum atomic E-state index is -0.914. The molecule has 2 aromatic carbocycles. The standard InChI is InChI=1S/C28H27N5O4/c1-17(2)26-31-14-15-32(26)19-10-12-20(13-11-19)33-24(28(35)37-4)23(27(34)36-3)22(21(16-29)25(33)30)18-8-6-5-7-9-18/h5-15,17,22H,30H2,1-4H3. The summed E-state index contributed by atoms with van der Waals surface area (Å²) < 4.78 is 12.1. The minimum Gasteiger partial charge on any atom is -0.466 e. The molecule has 37 heavy (non-hydrogen) atoms. The second-order valence-electron chi connectivity index (χ2n) is 8.66. The Hall–Kier alpha value is -4.84. The van der Waals surface area contributed by atoms with Crippen LogP contribution >= 0.6 is 0 Å². The topological polar surface area (TPSA) is 123 Å². The number of carbonyl (C=O) groups excluding carboxylic acids is 2. The molecule has 1 unspecified atom stereocenters. The van der Waals surface area contributed by atoms with Crippen LogP contribution in [-0.2, 0) is 19.1 Å². The molecule has 0 saturated heterocycles. The summed E-state index contributed by atoms with van der Waals surface area (Å²) in [5, 5.41) is 10.1. The number of methoxy groups -OCH3 is 2. The molecule has 0 saturated carbocycles. The van der Waals surface area contributed by atoms with Gasteiger partial charge in [0.1, 0.15) is 17.3 Å². The van der Waals surface area contributed by atoms with E-state index in [0.717, 1.165) is 11.5 Å². The summed E-state index contributed by atoms with van der Waals surface area (Å²) in [6.45, 7) is 4.11. The highest BCUT2D eigenvalue weighted by Crippen LogP contribution is 2.43. The third-order valence-corrected chi connectivity index (χ3v) is 6.18. The minimum absolute atomic E-state index is 0.0163. The fourth-order valence-electron chi connectivity index (χ4n) is 4.50. The number of aromatic nitrogens is 2. The van der Waals surface area contributed by atoms with Gasteiger partial charge in [0.25, 0.3) is 0 Å². The molecular formula is C28H27N5O4. The van der Waals surface area contributed by atoms with E-state index in [4.69, 9.17) is 15.2 Å². The number of ether oxygens (including phenoxy) is 2. The molecular weight excluding hydrogens is 470 g/mol. The molecule has 2 N–H and O–H groups in total. The highest BCUT2D eigenvalue weighted by Gasteiger charge is 2.42. The molecule has 4 rings (SSSR count). The highest BCUT2D eigenvalue weighted by atomic mass is 16.5. The van der Waals surface area contributed by atoms with Crippen LogP contribution in [0.2, 0.25) is 0 Å². The first kappa shape index (κ1) is 25.3. The van der Waals surface area contributed by atoms with Gasteiger partial charge in [0, 0.05) is 29.7 Å². The maximum atomic E-state index is 13.2. The van der Waals surface area contributed by atoms with Crippen LogP contribution in [0.3, 0.4) is 0 Å². The van der Waals surface area contributed by atoms with Gasteiger partial charge in [-0.3, -0.25) is 4.90 Å². The third kappa shape index (κ3) is 4.45.